The molecule has 0 radical (unpaired) electrons. The molecule has 0 atom stereocenters. The smallest absolute Gasteiger partial charge is 0.375 e. The van der Waals surface area contributed by atoms with Gasteiger partial charge in [-0.2, -0.15) is 0 Å². The highest BCUT2D eigenvalue weighted by Crippen LogP contribution is 2.49. The third kappa shape index (κ3) is 11.6. The second-order valence-corrected chi connectivity index (χ2v) is 6.33. The van der Waals surface area contributed by atoms with E-state index in [0.717, 1.165) is 31.3 Å². The van der Waals surface area contributed by atoms with Gasteiger partial charge in [-0.25, -0.2) is 4.57 Å². The van der Waals surface area contributed by atoms with Crippen molar-refractivity contribution in [2.75, 3.05) is 33.0 Å². The van der Waals surface area contributed by atoms with E-state index in [1.165, 1.54) is 0 Å². The van der Waals surface area contributed by atoms with E-state index in [0.29, 0.717) is 26.4 Å². The highest BCUT2D eigenvalue weighted by atomic mass is 31.2. The van der Waals surface area contributed by atoms with E-state index in [1.807, 2.05) is 20.8 Å². The molecule has 0 aromatic heterocycles. The van der Waals surface area contributed by atoms with Crippen molar-refractivity contribution in [3.8, 4) is 0 Å². The van der Waals surface area contributed by atoms with Crippen LogP contribution < -0.4 is 0 Å². The van der Waals surface area contributed by atoms with Crippen LogP contribution in [0.5, 0.6) is 0 Å². The lowest BCUT2D eigenvalue weighted by Crippen LogP contribution is -2.08. The molecule has 20 heavy (non-hydrogen) atoms. The van der Waals surface area contributed by atoms with Gasteiger partial charge in [0.15, 0.2) is 0 Å². The highest BCUT2D eigenvalue weighted by molar-refractivity contribution is 7.48. The molecule has 0 fully saturated rings. The minimum absolute atomic E-state index is 0.183. The van der Waals surface area contributed by atoms with Gasteiger partial charge < -0.3 is 4.74 Å². The molecule has 0 saturated carbocycles. The summed E-state index contributed by atoms with van der Waals surface area (Å²) < 4.78 is 33.4. The standard InChI is InChI=1S/C14H29O5P/c1-5-7-9-17-20(15,18-10-8-6-2)19-12-11-16-13-14(3)4/h3,5-13H2,1-2,4H3. The fourth-order valence-electron chi connectivity index (χ4n) is 1.21. The Morgan fingerprint density at radius 3 is 1.90 bits per heavy atom. The Morgan fingerprint density at radius 2 is 1.45 bits per heavy atom. The predicted molar refractivity (Wildman–Crippen MR) is 80.9 cm³/mol. The van der Waals surface area contributed by atoms with Gasteiger partial charge in [0, 0.05) is 0 Å². The number of hydrogen-bond donors (Lipinski definition) is 0. The van der Waals surface area contributed by atoms with Gasteiger partial charge in [-0.05, 0) is 19.8 Å². The first-order valence-corrected chi connectivity index (χ1v) is 8.76. The Morgan fingerprint density at radius 1 is 0.950 bits per heavy atom. The number of phosphoric ester groups is 1. The van der Waals surface area contributed by atoms with Gasteiger partial charge in [0.05, 0.1) is 33.0 Å². The third-order valence-electron chi connectivity index (χ3n) is 2.32. The van der Waals surface area contributed by atoms with Gasteiger partial charge in [0.1, 0.15) is 0 Å². The lowest BCUT2D eigenvalue weighted by molar-refractivity contribution is 0.0713. The summed E-state index contributed by atoms with van der Waals surface area (Å²) in [7, 11) is -3.45. The molecule has 0 amide bonds. The summed E-state index contributed by atoms with van der Waals surface area (Å²) in [5.74, 6) is 0. The minimum atomic E-state index is -3.45. The molecule has 0 aliphatic carbocycles. The summed E-state index contributed by atoms with van der Waals surface area (Å²) in [6.45, 7) is 11.5. The van der Waals surface area contributed by atoms with Crippen molar-refractivity contribution in [1.82, 2.24) is 0 Å². The normalized spacial score (nSPS) is 11.8. The lowest BCUT2D eigenvalue weighted by atomic mass is 10.4. The third-order valence-corrected chi connectivity index (χ3v) is 3.82. The average Bonchev–Trinajstić information content (AvgIpc) is 2.39. The van der Waals surface area contributed by atoms with Crippen LogP contribution in [0.25, 0.3) is 0 Å². The van der Waals surface area contributed by atoms with Gasteiger partial charge in [-0.3, -0.25) is 13.6 Å². The van der Waals surface area contributed by atoms with Crippen molar-refractivity contribution in [2.45, 2.75) is 46.5 Å². The van der Waals surface area contributed by atoms with Crippen LogP contribution in [0.15, 0.2) is 12.2 Å². The van der Waals surface area contributed by atoms with Crippen molar-refractivity contribution in [2.24, 2.45) is 0 Å². The molecule has 0 aliphatic heterocycles. The summed E-state index contributed by atoms with van der Waals surface area (Å²) >= 11 is 0. The molecule has 5 nitrogen and oxygen atoms in total. The molecule has 0 N–H and O–H groups in total. The van der Waals surface area contributed by atoms with E-state index in [4.69, 9.17) is 18.3 Å². The zero-order valence-corrected chi connectivity index (χ0v) is 14.0. The molecule has 0 unspecified atom stereocenters. The van der Waals surface area contributed by atoms with Gasteiger partial charge in [-0.1, -0.05) is 38.8 Å². The zero-order chi connectivity index (χ0) is 15.3. The topological polar surface area (TPSA) is 54.0 Å². The van der Waals surface area contributed by atoms with Crippen LogP contribution in [0.1, 0.15) is 46.5 Å². The van der Waals surface area contributed by atoms with Crippen LogP contribution in [-0.2, 0) is 22.9 Å². The largest absolute Gasteiger partial charge is 0.474 e. The van der Waals surface area contributed by atoms with Crippen molar-refractivity contribution >= 4 is 7.82 Å². The SMILES string of the molecule is C=C(C)COCCOP(=O)(OCCCC)OCCCC. The number of hydrogen-bond acceptors (Lipinski definition) is 5. The van der Waals surface area contributed by atoms with E-state index in [1.54, 1.807) is 0 Å². The molecule has 0 spiro atoms. The van der Waals surface area contributed by atoms with Crippen LogP contribution >= 0.6 is 7.82 Å². The highest BCUT2D eigenvalue weighted by Gasteiger charge is 2.26. The Bertz CT molecular complexity index is 279. The van der Waals surface area contributed by atoms with Crippen LogP contribution in [0.2, 0.25) is 0 Å². The second-order valence-electron chi connectivity index (χ2n) is 4.66. The van der Waals surface area contributed by atoms with E-state index < -0.39 is 7.82 Å². The number of rotatable bonds is 14. The average molecular weight is 308 g/mol. The fourth-order valence-corrected chi connectivity index (χ4v) is 2.43. The van der Waals surface area contributed by atoms with E-state index in [9.17, 15) is 4.57 Å². The van der Waals surface area contributed by atoms with E-state index >= 15 is 0 Å². The molecule has 0 heterocycles. The number of phosphoric acid groups is 1. The molecule has 120 valence electrons. The molecular weight excluding hydrogens is 279 g/mol. The second kappa shape index (κ2) is 12.5. The van der Waals surface area contributed by atoms with E-state index in [-0.39, 0.29) is 6.61 Å². The maximum Gasteiger partial charge on any atom is 0.474 e. The Balaban J connectivity index is 4.02. The first-order chi connectivity index (χ1) is 9.54. The maximum atomic E-state index is 12.3. The molecule has 0 bridgehead atoms. The molecule has 0 aromatic rings. The van der Waals surface area contributed by atoms with Crippen LogP contribution in [0, 0.1) is 0 Å². The molecule has 0 aromatic carbocycles. The first-order valence-electron chi connectivity index (χ1n) is 7.29. The maximum absolute atomic E-state index is 12.3. The van der Waals surface area contributed by atoms with Crippen molar-refractivity contribution in [1.29, 1.82) is 0 Å². The predicted octanol–water partition coefficient (Wildman–Crippen LogP) is 4.34. The Hall–Kier alpha value is -0.190. The monoisotopic (exact) mass is 308 g/mol. The molecule has 0 aliphatic rings. The zero-order valence-electron chi connectivity index (χ0n) is 13.1. The summed E-state index contributed by atoms with van der Waals surface area (Å²) in [6, 6.07) is 0. The van der Waals surface area contributed by atoms with Gasteiger partial charge in [0.2, 0.25) is 0 Å². The van der Waals surface area contributed by atoms with Crippen LogP contribution in [-0.4, -0.2) is 33.0 Å². The number of unbranched alkanes of at least 4 members (excludes halogenated alkanes) is 2. The van der Waals surface area contributed by atoms with Crippen molar-refractivity contribution < 1.29 is 22.9 Å². The summed E-state index contributed by atoms with van der Waals surface area (Å²) in [5, 5.41) is 0. The summed E-state index contributed by atoms with van der Waals surface area (Å²) in [4.78, 5) is 0. The Kier molecular flexibility index (Phi) is 12.4. The fraction of sp³-hybridized carbons (Fsp3) is 0.857. The van der Waals surface area contributed by atoms with Crippen molar-refractivity contribution in [3.05, 3.63) is 12.2 Å². The van der Waals surface area contributed by atoms with Gasteiger partial charge in [0.25, 0.3) is 0 Å². The van der Waals surface area contributed by atoms with Crippen LogP contribution in [0.4, 0.5) is 0 Å². The van der Waals surface area contributed by atoms with Gasteiger partial charge in [-0.15, -0.1) is 0 Å². The molecular formula is C14H29O5P. The van der Waals surface area contributed by atoms with Gasteiger partial charge >= 0.3 is 7.82 Å². The summed E-state index contributed by atoms with van der Waals surface area (Å²) in [5.41, 5.74) is 0.937. The van der Waals surface area contributed by atoms with Crippen molar-refractivity contribution in [3.63, 3.8) is 0 Å². The minimum Gasteiger partial charge on any atom is -0.375 e. The lowest BCUT2D eigenvalue weighted by Gasteiger charge is -2.18. The number of ether oxygens (including phenoxy) is 1. The Labute approximate surface area is 123 Å². The molecule has 6 heteroatoms. The van der Waals surface area contributed by atoms with Crippen LogP contribution in [0.3, 0.4) is 0 Å². The molecule has 0 rings (SSSR count). The molecule has 0 saturated heterocycles. The first kappa shape index (κ1) is 19.8. The quantitative estimate of drug-likeness (QED) is 0.271. The summed E-state index contributed by atoms with van der Waals surface area (Å²) in [6.07, 6.45) is 3.60. The van der Waals surface area contributed by atoms with E-state index in [2.05, 4.69) is 6.58 Å².